The molecule has 0 bridgehead atoms. The number of thioether (sulfide) groups is 1. The number of amides is 1. The summed E-state index contributed by atoms with van der Waals surface area (Å²) in [6, 6.07) is 17.2. The van der Waals surface area contributed by atoms with Crippen molar-refractivity contribution in [2.75, 3.05) is 13.2 Å². The van der Waals surface area contributed by atoms with Gasteiger partial charge in [-0.15, -0.1) is 0 Å². The van der Waals surface area contributed by atoms with Crippen LogP contribution in [0.25, 0.3) is 10.9 Å². The SMILES string of the molecule is N#Cc1ccccc1CSc1nc2ccccc2c(=O)n1CC1CCC(C(=O)NCC2CCCO2)CC1. The summed E-state index contributed by atoms with van der Waals surface area (Å²) in [5.41, 5.74) is 2.23. The van der Waals surface area contributed by atoms with Crippen molar-refractivity contribution in [2.24, 2.45) is 11.8 Å². The molecule has 1 N–H and O–H groups in total. The van der Waals surface area contributed by atoms with Gasteiger partial charge < -0.3 is 10.1 Å². The van der Waals surface area contributed by atoms with Crippen LogP contribution in [0.15, 0.2) is 58.5 Å². The Bertz CT molecular complexity index is 1350. The highest BCUT2D eigenvalue weighted by molar-refractivity contribution is 7.98. The average Bonchev–Trinajstić information content (AvgIpc) is 3.47. The molecular formula is C29H32N4O3S. The smallest absolute Gasteiger partial charge is 0.262 e. The van der Waals surface area contributed by atoms with Crippen molar-refractivity contribution in [2.45, 2.75) is 62.1 Å². The largest absolute Gasteiger partial charge is 0.376 e. The fourth-order valence-corrected chi connectivity index (χ4v) is 6.36. The summed E-state index contributed by atoms with van der Waals surface area (Å²) in [6.07, 6.45) is 5.70. The minimum absolute atomic E-state index is 0.0282. The first-order valence-electron chi connectivity index (χ1n) is 13.1. The predicted octanol–water partition coefficient (Wildman–Crippen LogP) is 4.66. The Kier molecular flexibility index (Phi) is 8.22. The summed E-state index contributed by atoms with van der Waals surface area (Å²) >= 11 is 1.50. The Morgan fingerprint density at radius 1 is 1.11 bits per heavy atom. The minimum Gasteiger partial charge on any atom is -0.376 e. The van der Waals surface area contributed by atoms with E-state index < -0.39 is 0 Å². The second kappa shape index (κ2) is 11.9. The first-order chi connectivity index (χ1) is 18.1. The zero-order chi connectivity index (χ0) is 25.6. The molecule has 3 aromatic rings. The van der Waals surface area contributed by atoms with Crippen LogP contribution in [0.2, 0.25) is 0 Å². The van der Waals surface area contributed by atoms with E-state index in [9.17, 15) is 14.9 Å². The van der Waals surface area contributed by atoms with Gasteiger partial charge in [-0.1, -0.05) is 42.1 Å². The highest BCUT2D eigenvalue weighted by atomic mass is 32.2. The lowest BCUT2D eigenvalue weighted by Crippen LogP contribution is -2.38. The van der Waals surface area contributed by atoms with E-state index in [1.165, 1.54) is 11.8 Å². The molecule has 0 spiro atoms. The lowest BCUT2D eigenvalue weighted by molar-refractivity contribution is -0.126. The lowest BCUT2D eigenvalue weighted by Gasteiger charge is -2.29. The van der Waals surface area contributed by atoms with Gasteiger partial charge in [0, 0.05) is 31.4 Å². The van der Waals surface area contributed by atoms with Crippen LogP contribution in [0.1, 0.15) is 49.7 Å². The van der Waals surface area contributed by atoms with Gasteiger partial charge in [0.2, 0.25) is 5.91 Å². The first-order valence-corrected chi connectivity index (χ1v) is 14.1. The maximum atomic E-state index is 13.5. The molecule has 192 valence electrons. The van der Waals surface area contributed by atoms with Gasteiger partial charge >= 0.3 is 0 Å². The number of hydrogen-bond acceptors (Lipinski definition) is 6. The van der Waals surface area contributed by atoms with Gasteiger partial charge in [0.1, 0.15) is 0 Å². The van der Waals surface area contributed by atoms with Crippen LogP contribution in [0.5, 0.6) is 0 Å². The molecule has 2 aromatic carbocycles. The van der Waals surface area contributed by atoms with E-state index in [-0.39, 0.29) is 23.5 Å². The summed E-state index contributed by atoms with van der Waals surface area (Å²) in [5.74, 6) is 1.03. The van der Waals surface area contributed by atoms with Crippen molar-refractivity contribution in [3.63, 3.8) is 0 Å². The van der Waals surface area contributed by atoms with Crippen LogP contribution >= 0.6 is 11.8 Å². The number of aromatic nitrogens is 2. The molecule has 2 heterocycles. The molecule has 1 saturated carbocycles. The van der Waals surface area contributed by atoms with Gasteiger partial charge in [0.25, 0.3) is 5.56 Å². The fraction of sp³-hybridized carbons (Fsp3) is 0.448. The Morgan fingerprint density at radius 3 is 2.68 bits per heavy atom. The summed E-state index contributed by atoms with van der Waals surface area (Å²) in [5, 5.41) is 13.8. The molecule has 2 fully saturated rings. The van der Waals surface area contributed by atoms with E-state index in [1.54, 1.807) is 0 Å². The monoisotopic (exact) mass is 516 g/mol. The first kappa shape index (κ1) is 25.5. The number of rotatable bonds is 8. The Balaban J connectivity index is 1.28. The van der Waals surface area contributed by atoms with E-state index in [0.29, 0.717) is 46.4 Å². The van der Waals surface area contributed by atoms with Crippen molar-refractivity contribution in [3.8, 4) is 6.07 Å². The lowest BCUT2D eigenvalue weighted by atomic mass is 9.81. The van der Waals surface area contributed by atoms with Crippen molar-refractivity contribution in [3.05, 3.63) is 70.0 Å². The summed E-state index contributed by atoms with van der Waals surface area (Å²) in [4.78, 5) is 31.1. The number of ether oxygens (including phenoxy) is 1. The molecule has 7 nitrogen and oxygen atoms in total. The van der Waals surface area contributed by atoms with Crippen LogP contribution in [-0.2, 0) is 21.8 Å². The molecule has 1 amide bonds. The fourth-order valence-electron chi connectivity index (χ4n) is 5.35. The number of fused-ring (bicyclic) bond motifs is 1. The molecule has 1 aliphatic carbocycles. The summed E-state index contributed by atoms with van der Waals surface area (Å²) in [7, 11) is 0. The number of para-hydroxylation sites is 1. The molecule has 5 rings (SSSR count). The number of hydrogen-bond donors (Lipinski definition) is 1. The summed E-state index contributed by atoms with van der Waals surface area (Å²) < 4.78 is 7.43. The van der Waals surface area contributed by atoms with Gasteiger partial charge in [-0.05, 0) is 68.2 Å². The standard InChI is InChI=1S/C29H32N4O3S/c30-16-22-6-1-2-7-23(22)19-37-29-32-26-10-4-3-9-25(26)28(35)33(29)18-20-11-13-21(14-12-20)27(34)31-17-24-8-5-15-36-24/h1-4,6-7,9-10,20-21,24H,5,8,11-15,17-19H2,(H,31,34). The molecule has 1 saturated heterocycles. The number of carbonyl (C=O) groups excluding carboxylic acids is 1. The van der Waals surface area contributed by atoms with Gasteiger partial charge in [-0.25, -0.2) is 4.98 Å². The van der Waals surface area contributed by atoms with Crippen LogP contribution in [-0.4, -0.2) is 34.7 Å². The van der Waals surface area contributed by atoms with Crippen LogP contribution in [0.4, 0.5) is 0 Å². The van der Waals surface area contributed by atoms with Crippen molar-refractivity contribution < 1.29 is 9.53 Å². The van der Waals surface area contributed by atoms with E-state index in [4.69, 9.17) is 9.72 Å². The second-order valence-electron chi connectivity index (χ2n) is 9.98. The molecule has 1 aliphatic heterocycles. The molecule has 1 unspecified atom stereocenters. The topological polar surface area (TPSA) is 97.0 Å². The van der Waals surface area contributed by atoms with Gasteiger partial charge in [0.05, 0.1) is 28.6 Å². The van der Waals surface area contributed by atoms with E-state index in [0.717, 1.165) is 50.7 Å². The van der Waals surface area contributed by atoms with E-state index in [1.807, 2.05) is 53.1 Å². The Morgan fingerprint density at radius 2 is 1.89 bits per heavy atom. The maximum absolute atomic E-state index is 13.5. The Hall–Kier alpha value is -3.15. The van der Waals surface area contributed by atoms with Crippen LogP contribution in [0, 0.1) is 23.2 Å². The Labute approximate surface area is 221 Å². The normalized spacial score (nSPS) is 21.5. The molecule has 8 heteroatoms. The number of nitriles is 1. The zero-order valence-electron chi connectivity index (χ0n) is 20.9. The van der Waals surface area contributed by atoms with Gasteiger partial charge in [-0.2, -0.15) is 5.26 Å². The van der Waals surface area contributed by atoms with E-state index in [2.05, 4.69) is 11.4 Å². The molecule has 2 aliphatic rings. The molecule has 1 aromatic heterocycles. The van der Waals surface area contributed by atoms with Crippen LogP contribution < -0.4 is 10.9 Å². The van der Waals surface area contributed by atoms with E-state index >= 15 is 0 Å². The van der Waals surface area contributed by atoms with Gasteiger partial charge in [0.15, 0.2) is 5.16 Å². The van der Waals surface area contributed by atoms with Gasteiger partial charge in [-0.3, -0.25) is 14.2 Å². The van der Waals surface area contributed by atoms with Crippen molar-refractivity contribution in [1.29, 1.82) is 5.26 Å². The third-order valence-electron chi connectivity index (χ3n) is 7.51. The average molecular weight is 517 g/mol. The zero-order valence-corrected chi connectivity index (χ0v) is 21.7. The molecule has 1 atom stereocenters. The molecular weight excluding hydrogens is 484 g/mol. The third kappa shape index (κ3) is 6.06. The highest BCUT2D eigenvalue weighted by Gasteiger charge is 2.28. The van der Waals surface area contributed by atoms with Crippen molar-refractivity contribution >= 4 is 28.6 Å². The minimum atomic E-state index is -0.0295. The summed E-state index contributed by atoms with van der Waals surface area (Å²) in [6.45, 7) is 1.98. The highest BCUT2D eigenvalue weighted by Crippen LogP contribution is 2.32. The number of benzene rings is 2. The van der Waals surface area contributed by atoms with Crippen LogP contribution in [0.3, 0.4) is 0 Å². The van der Waals surface area contributed by atoms with Crippen molar-refractivity contribution in [1.82, 2.24) is 14.9 Å². The number of carbonyl (C=O) groups is 1. The second-order valence-corrected chi connectivity index (χ2v) is 10.9. The molecule has 37 heavy (non-hydrogen) atoms. The third-order valence-corrected chi connectivity index (χ3v) is 8.53. The quantitative estimate of drug-likeness (QED) is 0.345. The number of nitrogens with zero attached hydrogens (tertiary/aromatic N) is 3. The predicted molar refractivity (Wildman–Crippen MR) is 144 cm³/mol. The number of nitrogens with one attached hydrogen (secondary N) is 1. The maximum Gasteiger partial charge on any atom is 0.262 e. The molecule has 0 radical (unpaired) electrons.